The molecule has 0 spiro atoms. The average molecular weight is 342 g/mol. The van der Waals surface area contributed by atoms with Crippen LogP contribution in [0.5, 0.6) is 0 Å². The summed E-state index contributed by atoms with van der Waals surface area (Å²) in [6, 6.07) is 11.8. The van der Waals surface area contributed by atoms with Crippen LogP contribution in [0, 0.1) is 6.92 Å². The van der Waals surface area contributed by atoms with E-state index >= 15 is 0 Å². The number of hydrogen-bond donors (Lipinski definition) is 1. The van der Waals surface area contributed by atoms with Crippen LogP contribution in [0.15, 0.2) is 40.8 Å². The molecule has 2 unspecified atom stereocenters. The number of aryl methyl sites for hydroxylation is 1. The van der Waals surface area contributed by atoms with Gasteiger partial charge < -0.3 is 19.4 Å². The lowest BCUT2D eigenvalue weighted by molar-refractivity contribution is -0.0586. The summed E-state index contributed by atoms with van der Waals surface area (Å²) >= 11 is 0. The van der Waals surface area contributed by atoms with Crippen molar-refractivity contribution in [2.45, 2.75) is 46.1 Å². The Morgan fingerprint density at radius 1 is 1.08 bits per heavy atom. The zero-order valence-electron chi connectivity index (χ0n) is 15.1. The van der Waals surface area contributed by atoms with Gasteiger partial charge >= 0.3 is 0 Å². The van der Waals surface area contributed by atoms with Gasteiger partial charge in [-0.25, -0.2) is 0 Å². The highest BCUT2D eigenvalue weighted by atomic mass is 16.5. The van der Waals surface area contributed by atoms with Crippen LogP contribution in [0.25, 0.3) is 0 Å². The smallest absolute Gasteiger partial charge is 0.254 e. The molecule has 5 heteroatoms. The summed E-state index contributed by atoms with van der Waals surface area (Å²) in [6.07, 6.45) is 0.169. The molecule has 5 nitrogen and oxygen atoms in total. The monoisotopic (exact) mass is 342 g/mol. The van der Waals surface area contributed by atoms with Gasteiger partial charge in [-0.05, 0) is 50.6 Å². The van der Waals surface area contributed by atoms with Crippen molar-refractivity contribution in [2.24, 2.45) is 0 Å². The van der Waals surface area contributed by atoms with Gasteiger partial charge in [-0.2, -0.15) is 0 Å². The van der Waals surface area contributed by atoms with E-state index in [1.807, 2.05) is 62.1 Å². The Kier molecular flexibility index (Phi) is 5.56. The minimum Gasteiger partial charge on any atom is -0.465 e. The second-order valence-corrected chi connectivity index (χ2v) is 6.78. The molecule has 1 saturated heterocycles. The molecule has 0 aliphatic carbocycles. The first-order valence-electron chi connectivity index (χ1n) is 8.81. The third-order valence-corrected chi connectivity index (χ3v) is 4.33. The molecule has 1 amide bonds. The minimum absolute atomic E-state index is 0.0765. The van der Waals surface area contributed by atoms with Crippen LogP contribution in [0.2, 0.25) is 0 Å². The lowest BCUT2D eigenvalue weighted by atomic mass is 10.1. The van der Waals surface area contributed by atoms with E-state index in [1.54, 1.807) is 0 Å². The minimum atomic E-state index is 0.0765. The van der Waals surface area contributed by atoms with Gasteiger partial charge in [-0.3, -0.25) is 4.79 Å². The van der Waals surface area contributed by atoms with E-state index in [9.17, 15) is 4.79 Å². The van der Waals surface area contributed by atoms with E-state index in [2.05, 4.69) is 5.32 Å². The van der Waals surface area contributed by atoms with E-state index in [1.165, 1.54) is 0 Å². The van der Waals surface area contributed by atoms with Crippen molar-refractivity contribution >= 4 is 5.91 Å². The summed E-state index contributed by atoms with van der Waals surface area (Å²) in [5.41, 5.74) is 1.87. The number of ether oxygens (including phenoxy) is 1. The first-order chi connectivity index (χ1) is 12.0. The molecule has 25 heavy (non-hydrogen) atoms. The zero-order valence-corrected chi connectivity index (χ0v) is 15.1. The molecule has 0 bridgehead atoms. The fourth-order valence-corrected chi connectivity index (χ4v) is 3.20. The Morgan fingerprint density at radius 2 is 1.76 bits per heavy atom. The van der Waals surface area contributed by atoms with Crippen LogP contribution >= 0.6 is 0 Å². The molecule has 2 aromatic rings. The molecule has 2 atom stereocenters. The van der Waals surface area contributed by atoms with Crippen LogP contribution in [0.3, 0.4) is 0 Å². The third-order valence-electron chi connectivity index (χ3n) is 4.33. The quantitative estimate of drug-likeness (QED) is 0.907. The molecule has 1 fully saturated rings. The number of nitrogens with one attached hydrogen (secondary N) is 1. The fraction of sp³-hybridized carbons (Fsp3) is 0.450. The predicted octanol–water partition coefficient (Wildman–Crippen LogP) is 3.13. The lowest BCUT2D eigenvalue weighted by Gasteiger charge is -2.35. The Balaban J connectivity index is 1.53. The molecule has 1 N–H and O–H groups in total. The zero-order chi connectivity index (χ0) is 17.8. The molecule has 3 rings (SSSR count). The highest BCUT2D eigenvalue weighted by Crippen LogP contribution is 2.15. The van der Waals surface area contributed by atoms with Crippen molar-refractivity contribution in [3.63, 3.8) is 0 Å². The Morgan fingerprint density at radius 3 is 2.36 bits per heavy atom. The van der Waals surface area contributed by atoms with Gasteiger partial charge in [-0.15, -0.1) is 0 Å². The lowest BCUT2D eigenvalue weighted by Crippen LogP contribution is -2.48. The first-order valence-corrected chi connectivity index (χ1v) is 8.81. The van der Waals surface area contributed by atoms with Crippen molar-refractivity contribution in [2.75, 3.05) is 13.1 Å². The van der Waals surface area contributed by atoms with Gasteiger partial charge in [0.05, 0.1) is 18.8 Å². The summed E-state index contributed by atoms with van der Waals surface area (Å²) in [5, 5.41) is 3.35. The van der Waals surface area contributed by atoms with Gasteiger partial charge in [0, 0.05) is 25.2 Å². The van der Waals surface area contributed by atoms with Gasteiger partial charge in [-0.1, -0.05) is 12.1 Å². The SMILES string of the molecule is Cc1ccc(CNCc2ccc(C(=O)N3CC(C)OC(C)C3)cc2)o1. The molecule has 134 valence electrons. The number of rotatable bonds is 5. The Hall–Kier alpha value is -2.11. The maximum atomic E-state index is 12.6. The van der Waals surface area contributed by atoms with Crippen LogP contribution in [0.1, 0.15) is 41.3 Å². The Bertz CT molecular complexity index is 698. The van der Waals surface area contributed by atoms with Crippen LogP contribution in [-0.4, -0.2) is 36.1 Å². The van der Waals surface area contributed by atoms with E-state index in [4.69, 9.17) is 9.15 Å². The topological polar surface area (TPSA) is 54.7 Å². The van der Waals surface area contributed by atoms with E-state index < -0.39 is 0 Å². The van der Waals surface area contributed by atoms with E-state index in [0.717, 1.165) is 29.2 Å². The van der Waals surface area contributed by atoms with E-state index in [0.29, 0.717) is 19.6 Å². The maximum absolute atomic E-state index is 12.6. The van der Waals surface area contributed by atoms with Gasteiger partial charge in [0.25, 0.3) is 5.91 Å². The second-order valence-electron chi connectivity index (χ2n) is 6.78. The molecule has 1 aromatic carbocycles. The molecule has 2 heterocycles. The molecule has 1 aromatic heterocycles. The van der Waals surface area contributed by atoms with Gasteiger partial charge in [0.2, 0.25) is 0 Å². The number of amides is 1. The number of morpholine rings is 1. The fourth-order valence-electron chi connectivity index (χ4n) is 3.20. The molecule has 1 aliphatic heterocycles. The number of nitrogens with zero attached hydrogens (tertiary/aromatic N) is 1. The summed E-state index contributed by atoms with van der Waals surface area (Å²) in [4.78, 5) is 14.5. The average Bonchev–Trinajstić information content (AvgIpc) is 2.99. The highest BCUT2D eigenvalue weighted by molar-refractivity contribution is 5.94. The molecular weight excluding hydrogens is 316 g/mol. The van der Waals surface area contributed by atoms with Crippen LogP contribution < -0.4 is 5.32 Å². The van der Waals surface area contributed by atoms with Gasteiger partial charge in [0.1, 0.15) is 11.5 Å². The van der Waals surface area contributed by atoms with Crippen molar-refractivity contribution in [3.8, 4) is 0 Å². The van der Waals surface area contributed by atoms with Gasteiger partial charge in [0.15, 0.2) is 0 Å². The van der Waals surface area contributed by atoms with Crippen molar-refractivity contribution in [1.82, 2.24) is 10.2 Å². The van der Waals surface area contributed by atoms with Crippen LogP contribution in [-0.2, 0) is 17.8 Å². The van der Waals surface area contributed by atoms with Crippen molar-refractivity contribution < 1.29 is 13.9 Å². The largest absolute Gasteiger partial charge is 0.465 e. The number of furan rings is 1. The number of benzene rings is 1. The Labute approximate surface area is 149 Å². The number of carbonyl (C=O) groups is 1. The summed E-state index contributed by atoms with van der Waals surface area (Å²) < 4.78 is 11.2. The molecule has 1 aliphatic rings. The third kappa shape index (κ3) is 4.71. The molecule has 0 radical (unpaired) electrons. The highest BCUT2D eigenvalue weighted by Gasteiger charge is 2.26. The summed E-state index contributed by atoms with van der Waals surface area (Å²) in [5.74, 6) is 1.93. The molecular formula is C20H26N2O3. The maximum Gasteiger partial charge on any atom is 0.254 e. The standard InChI is InChI=1S/C20H26N2O3/c1-14-4-9-19(25-14)11-21-10-17-5-7-18(8-6-17)20(23)22-12-15(2)24-16(3)13-22/h4-9,15-16,21H,10-13H2,1-3H3. The van der Waals surface area contributed by atoms with Crippen molar-refractivity contribution in [1.29, 1.82) is 0 Å². The number of hydrogen-bond acceptors (Lipinski definition) is 4. The van der Waals surface area contributed by atoms with Crippen molar-refractivity contribution in [3.05, 3.63) is 59.0 Å². The number of carbonyl (C=O) groups excluding carboxylic acids is 1. The summed E-state index contributed by atoms with van der Waals surface area (Å²) in [7, 11) is 0. The second kappa shape index (κ2) is 7.85. The molecule has 0 saturated carbocycles. The predicted molar refractivity (Wildman–Crippen MR) is 96.3 cm³/mol. The summed E-state index contributed by atoms with van der Waals surface area (Å²) in [6.45, 7) is 8.67. The first kappa shape index (κ1) is 17.7. The van der Waals surface area contributed by atoms with E-state index in [-0.39, 0.29) is 18.1 Å². The van der Waals surface area contributed by atoms with Crippen LogP contribution in [0.4, 0.5) is 0 Å². The normalized spacial score (nSPS) is 20.7.